The van der Waals surface area contributed by atoms with Gasteiger partial charge in [-0.1, -0.05) is 22.0 Å². The number of rotatable bonds is 5. The van der Waals surface area contributed by atoms with Crippen LogP contribution in [0.4, 0.5) is 5.69 Å². The highest BCUT2D eigenvalue weighted by Crippen LogP contribution is 2.19. The Balaban J connectivity index is 1.90. The first kappa shape index (κ1) is 15.1. The van der Waals surface area contributed by atoms with Crippen LogP contribution in [0.3, 0.4) is 0 Å². The van der Waals surface area contributed by atoms with E-state index >= 15 is 0 Å². The SMILES string of the molecule is Cc1ccc(S(=O)CCOc2ccc(Br)cc2)c(N)c1. The number of anilines is 1. The second kappa shape index (κ2) is 6.90. The molecule has 0 radical (unpaired) electrons. The molecule has 0 bridgehead atoms. The van der Waals surface area contributed by atoms with Gasteiger partial charge in [-0.15, -0.1) is 0 Å². The Labute approximate surface area is 129 Å². The normalized spacial score (nSPS) is 12.1. The molecule has 0 aliphatic carbocycles. The molecule has 106 valence electrons. The number of ether oxygens (including phenoxy) is 1. The van der Waals surface area contributed by atoms with E-state index in [4.69, 9.17) is 10.5 Å². The molecule has 0 spiro atoms. The Morgan fingerprint density at radius 2 is 1.90 bits per heavy atom. The summed E-state index contributed by atoms with van der Waals surface area (Å²) in [5, 5.41) is 0. The third kappa shape index (κ3) is 4.08. The molecule has 2 N–H and O–H groups in total. The van der Waals surface area contributed by atoms with Gasteiger partial charge in [0.15, 0.2) is 0 Å². The van der Waals surface area contributed by atoms with Crippen LogP contribution < -0.4 is 10.5 Å². The highest BCUT2D eigenvalue weighted by molar-refractivity contribution is 9.10. The van der Waals surface area contributed by atoms with Crippen LogP contribution in [0.25, 0.3) is 0 Å². The van der Waals surface area contributed by atoms with Crippen LogP contribution in [0, 0.1) is 6.92 Å². The monoisotopic (exact) mass is 353 g/mol. The maximum absolute atomic E-state index is 12.2. The standard InChI is InChI=1S/C15H16BrNO2S/c1-11-2-7-15(14(17)10-11)20(18)9-8-19-13-5-3-12(16)4-6-13/h2-7,10H,8-9,17H2,1H3. The Kier molecular flexibility index (Phi) is 5.20. The first-order valence-electron chi connectivity index (χ1n) is 6.19. The third-order valence-electron chi connectivity index (χ3n) is 2.76. The molecule has 2 aromatic rings. The topological polar surface area (TPSA) is 52.3 Å². The maximum atomic E-state index is 12.2. The zero-order valence-electron chi connectivity index (χ0n) is 11.1. The minimum Gasteiger partial charge on any atom is -0.493 e. The molecule has 0 fully saturated rings. The summed E-state index contributed by atoms with van der Waals surface area (Å²) < 4.78 is 18.7. The zero-order valence-corrected chi connectivity index (χ0v) is 13.5. The molecule has 0 amide bonds. The number of hydrogen-bond acceptors (Lipinski definition) is 3. The lowest BCUT2D eigenvalue weighted by Crippen LogP contribution is -2.10. The van der Waals surface area contributed by atoms with Crippen molar-refractivity contribution in [2.24, 2.45) is 0 Å². The van der Waals surface area contributed by atoms with E-state index in [0.29, 0.717) is 22.9 Å². The van der Waals surface area contributed by atoms with Gasteiger partial charge in [0.2, 0.25) is 0 Å². The van der Waals surface area contributed by atoms with E-state index in [1.165, 1.54) is 0 Å². The summed E-state index contributed by atoms with van der Waals surface area (Å²) in [5.41, 5.74) is 7.52. The molecule has 0 saturated carbocycles. The summed E-state index contributed by atoms with van der Waals surface area (Å²) in [6, 6.07) is 13.1. The van der Waals surface area contributed by atoms with Gasteiger partial charge in [0.05, 0.1) is 21.4 Å². The summed E-state index contributed by atoms with van der Waals surface area (Å²) in [6.45, 7) is 2.35. The summed E-state index contributed by atoms with van der Waals surface area (Å²) in [7, 11) is -1.14. The molecule has 0 heterocycles. The quantitative estimate of drug-likeness (QED) is 0.836. The minimum absolute atomic E-state index is 0.390. The molecular weight excluding hydrogens is 338 g/mol. The average Bonchev–Trinajstić information content (AvgIpc) is 2.41. The molecule has 5 heteroatoms. The van der Waals surface area contributed by atoms with E-state index in [0.717, 1.165) is 15.8 Å². The van der Waals surface area contributed by atoms with Crippen LogP contribution in [0.2, 0.25) is 0 Å². The summed E-state index contributed by atoms with van der Waals surface area (Å²) in [5.74, 6) is 1.19. The molecule has 3 nitrogen and oxygen atoms in total. The summed E-state index contributed by atoms with van der Waals surface area (Å²) in [4.78, 5) is 0.676. The van der Waals surface area contributed by atoms with Gasteiger partial charge in [-0.2, -0.15) is 0 Å². The summed E-state index contributed by atoms with van der Waals surface area (Å²) >= 11 is 3.36. The molecular formula is C15H16BrNO2S. The highest BCUT2D eigenvalue weighted by Gasteiger charge is 2.08. The van der Waals surface area contributed by atoms with Crippen LogP contribution in [-0.4, -0.2) is 16.6 Å². The Bertz CT molecular complexity index is 614. The van der Waals surface area contributed by atoms with Gasteiger partial charge in [0.25, 0.3) is 0 Å². The lowest BCUT2D eigenvalue weighted by atomic mass is 10.2. The van der Waals surface area contributed by atoms with Crippen molar-refractivity contribution in [2.75, 3.05) is 18.1 Å². The lowest BCUT2D eigenvalue weighted by Gasteiger charge is -2.08. The van der Waals surface area contributed by atoms with Gasteiger partial charge in [0, 0.05) is 10.2 Å². The van der Waals surface area contributed by atoms with E-state index in [-0.39, 0.29) is 0 Å². The van der Waals surface area contributed by atoms with E-state index in [1.54, 1.807) is 0 Å². The fourth-order valence-corrected chi connectivity index (χ4v) is 3.01. The van der Waals surface area contributed by atoms with Crippen molar-refractivity contribution in [3.05, 3.63) is 52.5 Å². The van der Waals surface area contributed by atoms with Crippen molar-refractivity contribution in [3.63, 3.8) is 0 Å². The van der Waals surface area contributed by atoms with Gasteiger partial charge >= 0.3 is 0 Å². The molecule has 1 atom stereocenters. The van der Waals surface area contributed by atoms with Crippen LogP contribution in [0.5, 0.6) is 5.75 Å². The van der Waals surface area contributed by atoms with Crippen molar-refractivity contribution in [3.8, 4) is 5.75 Å². The van der Waals surface area contributed by atoms with Crippen molar-refractivity contribution in [1.82, 2.24) is 0 Å². The summed E-state index contributed by atoms with van der Waals surface area (Å²) in [6.07, 6.45) is 0. The second-order valence-corrected chi connectivity index (χ2v) is 6.85. The van der Waals surface area contributed by atoms with Crippen molar-refractivity contribution >= 4 is 32.4 Å². The van der Waals surface area contributed by atoms with Gasteiger partial charge in [-0.05, 0) is 48.9 Å². The average molecular weight is 354 g/mol. The van der Waals surface area contributed by atoms with Gasteiger partial charge in [-0.3, -0.25) is 4.21 Å². The molecule has 0 aliphatic rings. The zero-order chi connectivity index (χ0) is 14.5. The number of benzene rings is 2. The molecule has 0 saturated heterocycles. The third-order valence-corrected chi connectivity index (χ3v) is 4.69. The van der Waals surface area contributed by atoms with E-state index in [1.807, 2.05) is 49.4 Å². The van der Waals surface area contributed by atoms with Crippen LogP contribution in [0.1, 0.15) is 5.56 Å². The first-order chi connectivity index (χ1) is 9.56. The molecule has 1 unspecified atom stereocenters. The number of nitrogen functional groups attached to an aromatic ring is 1. The van der Waals surface area contributed by atoms with Gasteiger partial charge in [0.1, 0.15) is 12.4 Å². The Hall–Kier alpha value is -1.33. The van der Waals surface area contributed by atoms with Crippen LogP contribution >= 0.6 is 15.9 Å². The van der Waals surface area contributed by atoms with Crippen LogP contribution in [0.15, 0.2) is 51.8 Å². The predicted octanol–water partition coefficient (Wildman–Crippen LogP) is 3.53. The van der Waals surface area contributed by atoms with Crippen molar-refractivity contribution in [2.45, 2.75) is 11.8 Å². The number of hydrogen-bond donors (Lipinski definition) is 1. The molecule has 2 aromatic carbocycles. The predicted molar refractivity (Wildman–Crippen MR) is 86.5 cm³/mol. The Morgan fingerprint density at radius 1 is 1.20 bits per heavy atom. The molecule has 2 rings (SSSR count). The molecule has 0 aliphatic heterocycles. The minimum atomic E-state index is -1.14. The molecule has 0 aromatic heterocycles. The van der Waals surface area contributed by atoms with Crippen molar-refractivity contribution < 1.29 is 8.95 Å². The smallest absolute Gasteiger partial charge is 0.119 e. The van der Waals surface area contributed by atoms with Gasteiger partial charge in [-0.25, -0.2) is 0 Å². The number of nitrogens with two attached hydrogens (primary N) is 1. The fourth-order valence-electron chi connectivity index (χ4n) is 1.75. The second-order valence-electron chi connectivity index (χ2n) is 4.39. The molecule has 20 heavy (non-hydrogen) atoms. The maximum Gasteiger partial charge on any atom is 0.119 e. The van der Waals surface area contributed by atoms with E-state index in [2.05, 4.69) is 15.9 Å². The van der Waals surface area contributed by atoms with Crippen molar-refractivity contribution in [1.29, 1.82) is 0 Å². The van der Waals surface area contributed by atoms with E-state index in [9.17, 15) is 4.21 Å². The fraction of sp³-hybridized carbons (Fsp3) is 0.200. The van der Waals surface area contributed by atoms with Crippen LogP contribution in [-0.2, 0) is 10.8 Å². The lowest BCUT2D eigenvalue weighted by molar-refractivity contribution is 0.342. The van der Waals surface area contributed by atoms with E-state index < -0.39 is 10.8 Å². The first-order valence-corrected chi connectivity index (χ1v) is 8.30. The Morgan fingerprint density at radius 3 is 2.55 bits per heavy atom. The van der Waals surface area contributed by atoms with Gasteiger partial charge < -0.3 is 10.5 Å². The number of aryl methyl sites for hydroxylation is 1. The number of halogens is 1. The largest absolute Gasteiger partial charge is 0.493 e. The highest BCUT2D eigenvalue weighted by atomic mass is 79.9.